The lowest BCUT2D eigenvalue weighted by molar-refractivity contribution is 0.417. The summed E-state index contributed by atoms with van der Waals surface area (Å²) in [5.74, 6) is 0.885. The predicted molar refractivity (Wildman–Crippen MR) is 115 cm³/mol. The van der Waals surface area contributed by atoms with Crippen LogP contribution in [0.4, 0.5) is 11.4 Å². The Morgan fingerprint density at radius 1 is 0.846 bits per heavy atom. The Kier molecular flexibility index (Phi) is 11.1. The van der Waals surface area contributed by atoms with E-state index in [4.69, 9.17) is 16.2 Å². The summed E-state index contributed by atoms with van der Waals surface area (Å²) >= 11 is 0. The molecule has 5 N–H and O–H groups in total. The number of benzene rings is 3. The van der Waals surface area contributed by atoms with Gasteiger partial charge in [-0.05, 0) is 36.6 Å². The van der Waals surface area contributed by atoms with E-state index in [9.17, 15) is 5.11 Å². The van der Waals surface area contributed by atoms with Crippen molar-refractivity contribution < 1.29 is 9.84 Å². The minimum atomic E-state index is 0.151. The summed E-state index contributed by atoms with van der Waals surface area (Å²) in [7, 11) is 1.60. The van der Waals surface area contributed by atoms with Crippen molar-refractivity contribution in [3.05, 3.63) is 60.2 Å². The molecule has 4 nitrogen and oxygen atoms in total. The topological polar surface area (TPSA) is 81.5 Å². The standard InChI is InChI=1S/C11H11NO.C7H9NO.2C2H6/c1-7-2-3-8-4-5-10(13)11(12)9(8)6-7;1-9-7-5-3-2-4-6(7)8;2*1-2/h2-6,13H,12H2,1H3;2-5H,8H2,1H3;2*1-2H3. The summed E-state index contributed by atoms with van der Waals surface area (Å²) in [5.41, 5.74) is 13.5. The van der Waals surface area contributed by atoms with Crippen molar-refractivity contribution in [1.29, 1.82) is 0 Å². The molecule has 0 unspecified atom stereocenters. The van der Waals surface area contributed by atoms with Crippen molar-refractivity contribution in [1.82, 2.24) is 0 Å². The zero-order chi connectivity index (χ0) is 20.1. The summed E-state index contributed by atoms with van der Waals surface area (Å²) < 4.78 is 4.92. The minimum absolute atomic E-state index is 0.151. The highest BCUT2D eigenvalue weighted by atomic mass is 16.5. The smallest absolute Gasteiger partial charge is 0.141 e. The molecular weight excluding hydrogens is 324 g/mol. The molecule has 0 aliphatic heterocycles. The van der Waals surface area contributed by atoms with Gasteiger partial charge in [-0.3, -0.25) is 0 Å². The van der Waals surface area contributed by atoms with Crippen LogP contribution in [0.1, 0.15) is 33.3 Å². The fourth-order valence-corrected chi connectivity index (χ4v) is 2.11. The van der Waals surface area contributed by atoms with Gasteiger partial charge in [-0.25, -0.2) is 0 Å². The second-order valence-corrected chi connectivity index (χ2v) is 4.96. The molecule has 3 aromatic carbocycles. The van der Waals surface area contributed by atoms with E-state index in [0.29, 0.717) is 11.4 Å². The maximum atomic E-state index is 9.38. The summed E-state index contributed by atoms with van der Waals surface area (Å²) in [6.45, 7) is 10.0. The molecule has 0 radical (unpaired) electrons. The fourth-order valence-electron chi connectivity index (χ4n) is 2.11. The molecule has 0 saturated heterocycles. The van der Waals surface area contributed by atoms with Crippen LogP contribution in [0.2, 0.25) is 0 Å². The first kappa shape index (κ1) is 23.1. The predicted octanol–water partition coefficient (Wildman–Crippen LogP) is 5.77. The van der Waals surface area contributed by atoms with Crippen LogP contribution in [0, 0.1) is 6.92 Å². The van der Waals surface area contributed by atoms with E-state index >= 15 is 0 Å². The Bertz CT molecular complexity index is 781. The molecule has 4 heteroatoms. The maximum absolute atomic E-state index is 9.38. The van der Waals surface area contributed by atoms with Crippen LogP contribution >= 0.6 is 0 Å². The third-order valence-electron chi connectivity index (χ3n) is 3.33. The highest BCUT2D eigenvalue weighted by molar-refractivity contribution is 5.96. The van der Waals surface area contributed by atoms with Gasteiger partial charge in [-0.2, -0.15) is 0 Å². The summed E-state index contributed by atoms with van der Waals surface area (Å²) in [4.78, 5) is 0. The number of hydrogen-bond donors (Lipinski definition) is 3. The first-order chi connectivity index (χ1) is 12.5. The van der Waals surface area contributed by atoms with Crippen LogP contribution < -0.4 is 16.2 Å². The van der Waals surface area contributed by atoms with Crippen LogP contribution in [0.25, 0.3) is 10.8 Å². The van der Waals surface area contributed by atoms with E-state index in [2.05, 4.69) is 0 Å². The van der Waals surface area contributed by atoms with Crippen LogP contribution in [0.15, 0.2) is 54.6 Å². The molecule has 0 fully saturated rings. The number of fused-ring (bicyclic) bond motifs is 1. The molecule has 3 rings (SSSR count). The number of nitrogens with two attached hydrogens (primary N) is 2. The third-order valence-corrected chi connectivity index (χ3v) is 3.33. The van der Waals surface area contributed by atoms with Crippen LogP contribution in [-0.4, -0.2) is 12.2 Å². The van der Waals surface area contributed by atoms with Gasteiger partial charge in [0.05, 0.1) is 18.5 Å². The zero-order valence-corrected chi connectivity index (χ0v) is 16.7. The molecule has 0 spiro atoms. The first-order valence-electron chi connectivity index (χ1n) is 8.89. The van der Waals surface area contributed by atoms with Gasteiger partial charge in [0.15, 0.2) is 0 Å². The summed E-state index contributed by atoms with van der Waals surface area (Å²) in [6, 6.07) is 16.9. The maximum Gasteiger partial charge on any atom is 0.141 e. The second kappa shape index (κ2) is 12.5. The second-order valence-electron chi connectivity index (χ2n) is 4.96. The average molecular weight is 357 g/mol. The third kappa shape index (κ3) is 6.55. The van der Waals surface area contributed by atoms with Gasteiger partial charge in [0.25, 0.3) is 0 Å². The molecular formula is C22H32N2O2. The number of rotatable bonds is 1. The molecule has 0 aromatic heterocycles. The van der Waals surface area contributed by atoms with Gasteiger partial charge in [0.2, 0.25) is 0 Å². The van der Waals surface area contributed by atoms with E-state index in [0.717, 1.165) is 22.1 Å². The van der Waals surface area contributed by atoms with Gasteiger partial charge in [-0.15, -0.1) is 0 Å². The molecule has 142 valence electrons. The van der Waals surface area contributed by atoms with Crippen molar-refractivity contribution in [3.63, 3.8) is 0 Å². The summed E-state index contributed by atoms with van der Waals surface area (Å²) in [6.07, 6.45) is 0. The number of ether oxygens (including phenoxy) is 1. The Balaban J connectivity index is 0.000000422. The molecule has 0 atom stereocenters. The van der Waals surface area contributed by atoms with E-state index in [1.165, 1.54) is 0 Å². The van der Waals surface area contributed by atoms with Crippen molar-refractivity contribution >= 4 is 22.1 Å². The molecule has 26 heavy (non-hydrogen) atoms. The average Bonchev–Trinajstić information content (AvgIpc) is 2.69. The van der Waals surface area contributed by atoms with Crippen LogP contribution in [0.3, 0.4) is 0 Å². The molecule has 0 aliphatic carbocycles. The van der Waals surface area contributed by atoms with Crippen molar-refractivity contribution in [3.8, 4) is 11.5 Å². The summed E-state index contributed by atoms with van der Waals surface area (Å²) in [5, 5.41) is 11.4. The van der Waals surface area contributed by atoms with Gasteiger partial charge >= 0.3 is 0 Å². The van der Waals surface area contributed by atoms with E-state index in [-0.39, 0.29) is 5.75 Å². The number of hydrogen-bond acceptors (Lipinski definition) is 4. The van der Waals surface area contributed by atoms with Crippen LogP contribution in [0.5, 0.6) is 11.5 Å². The molecule has 0 heterocycles. The lowest BCUT2D eigenvalue weighted by Crippen LogP contribution is -1.89. The normalized spacial score (nSPS) is 8.85. The minimum Gasteiger partial charge on any atom is -0.506 e. The van der Waals surface area contributed by atoms with Crippen molar-refractivity contribution in [2.24, 2.45) is 0 Å². The Morgan fingerprint density at radius 2 is 1.42 bits per heavy atom. The van der Waals surface area contributed by atoms with Crippen molar-refractivity contribution in [2.75, 3.05) is 18.6 Å². The lowest BCUT2D eigenvalue weighted by Gasteiger charge is -2.04. The number of phenolic OH excluding ortho intramolecular Hbond substituents is 1. The Labute approximate surface area is 157 Å². The number of nitrogen functional groups attached to an aromatic ring is 2. The zero-order valence-electron chi connectivity index (χ0n) is 16.7. The van der Waals surface area contributed by atoms with E-state index in [1.54, 1.807) is 19.2 Å². The van der Waals surface area contributed by atoms with Crippen molar-refractivity contribution in [2.45, 2.75) is 34.6 Å². The van der Waals surface area contributed by atoms with Crippen LogP contribution in [-0.2, 0) is 0 Å². The Hall–Kier alpha value is -2.88. The largest absolute Gasteiger partial charge is 0.506 e. The van der Waals surface area contributed by atoms with Gasteiger partial charge in [0.1, 0.15) is 11.5 Å². The van der Waals surface area contributed by atoms with Gasteiger partial charge in [-0.1, -0.05) is 63.6 Å². The fraction of sp³-hybridized carbons (Fsp3) is 0.273. The molecule has 0 bridgehead atoms. The van der Waals surface area contributed by atoms with E-state index < -0.39 is 0 Å². The van der Waals surface area contributed by atoms with E-state index in [1.807, 2.05) is 77.1 Å². The Morgan fingerprint density at radius 3 is 1.96 bits per heavy atom. The van der Waals surface area contributed by atoms with Gasteiger partial charge < -0.3 is 21.3 Å². The molecule has 3 aromatic rings. The molecule has 0 saturated carbocycles. The number of para-hydroxylation sites is 2. The number of phenols is 1. The SMILES string of the molecule is CC.CC.COc1ccccc1N.Cc1ccc2ccc(O)c(N)c2c1. The number of methoxy groups -OCH3 is 1. The lowest BCUT2D eigenvalue weighted by atomic mass is 10.1. The number of aryl methyl sites for hydroxylation is 1. The highest BCUT2D eigenvalue weighted by Gasteiger charge is 2.02. The number of aromatic hydroxyl groups is 1. The quantitative estimate of drug-likeness (QED) is 0.382. The first-order valence-corrected chi connectivity index (χ1v) is 8.89. The van der Waals surface area contributed by atoms with Gasteiger partial charge in [0, 0.05) is 5.39 Å². The molecule has 0 aliphatic rings. The molecule has 0 amide bonds. The monoisotopic (exact) mass is 356 g/mol. The highest BCUT2D eigenvalue weighted by Crippen LogP contribution is 2.29. The number of anilines is 2.